The standard InChI is InChI=1S/C15H24N4O3/c1-11(14-17-16-12(2)22-14)18-5-3-13(4-6-18)15(20)19-7-9-21-10-8-19/h11,13H,3-10H2,1-2H3. The van der Waals surface area contributed by atoms with Crippen molar-refractivity contribution in [3.8, 4) is 0 Å². The molecular formula is C15H24N4O3. The van der Waals surface area contributed by atoms with Gasteiger partial charge in [0.25, 0.3) is 0 Å². The fraction of sp³-hybridized carbons (Fsp3) is 0.800. The highest BCUT2D eigenvalue weighted by molar-refractivity contribution is 5.79. The van der Waals surface area contributed by atoms with Gasteiger partial charge >= 0.3 is 0 Å². The van der Waals surface area contributed by atoms with E-state index in [9.17, 15) is 4.79 Å². The van der Waals surface area contributed by atoms with Crippen LogP contribution in [0.3, 0.4) is 0 Å². The van der Waals surface area contributed by atoms with E-state index in [1.807, 2.05) is 4.90 Å². The predicted octanol–water partition coefficient (Wildman–Crippen LogP) is 1.01. The van der Waals surface area contributed by atoms with Crippen molar-refractivity contribution in [1.29, 1.82) is 0 Å². The lowest BCUT2D eigenvalue weighted by Gasteiger charge is -2.37. The number of ether oxygens (including phenoxy) is 1. The Labute approximate surface area is 130 Å². The fourth-order valence-corrected chi connectivity index (χ4v) is 3.21. The van der Waals surface area contributed by atoms with Crippen molar-refractivity contribution in [1.82, 2.24) is 20.0 Å². The molecule has 1 atom stereocenters. The van der Waals surface area contributed by atoms with Crippen molar-refractivity contribution in [2.75, 3.05) is 39.4 Å². The van der Waals surface area contributed by atoms with Crippen molar-refractivity contribution in [3.05, 3.63) is 11.8 Å². The summed E-state index contributed by atoms with van der Waals surface area (Å²) in [6.45, 7) is 8.46. The molecule has 0 spiro atoms. The van der Waals surface area contributed by atoms with E-state index < -0.39 is 0 Å². The predicted molar refractivity (Wildman–Crippen MR) is 79.1 cm³/mol. The molecule has 22 heavy (non-hydrogen) atoms. The molecule has 0 aromatic carbocycles. The summed E-state index contributed by atoms with van der Waals surface area (Å²) in [5.41, 5.74) is 0. The number of aromatic nitrogens is 2. The molecule has 0 N–H and O–H groups in total. The molecule has 1 aromatic rings. The molecule has 122 valence electrons. The molecule has 0 aliphatic carbocycles. The summed E-state index contributed by atoms with van der Waals surface area (Å²) >= 11 is 0. The van der Waals surface area contributed by atoms with Crippen LogP contribution in [0, 0.1) is 12.8 Å². The Bertz CT molecular complexity index is 505. The normalized spacial score (nSPS) is 22.7. The Morgan fingerprint density at radius 3 is 2.45 bits per heavy atom. The first-order chi connectivity index (χ1) is 10.6. The zero-order valence-corrected chi connectivity index (χ0v) is 13.3. The number of rotatable bonds is 3. The molecular weight excluding hydrogens is 284 g/mol. The molecule has 1 aromatic heterocycles. The molecule has 7 heteroatoms. The van der Waals surface area contributed by atoms with Crippen LogP contribution in [0.5, 0.6) is 0 Å². The first kappa shape index (κ1) is 15.4. The smallest absolute Gasteiger partial charge is 0.233 e. The Morgan fingerprint density at radius 2 is 1.86 bits per heavy atom. The van der Waals surface area contributed by atoms with Gasteiger partial charge in [0, 0.05) is 25.9 Å². The molecule has 2 aliphatic rings. The average Bonchev–Trinajstić information content (AvgIpc) is 3.01. The maximum Gasteiger partial charge on any atom is 0.233 e. The lowest BCUT2D eigenvalue weighted by Crippen LogP contribution is -2.47. The fourth-order valence-electron chi connectivity index (χ4n) is 3.21. The molecule has 2 fully saturated rings. The van der Waals surface area contributed by atoms with E-state index in [0.717, 1.165) is 39.0 Å². The van der Waals surface area contributed by atoms with E-state index in [4.69, 9.17) is 9.15 Å². The molecule has 0 saturated carbocycles. The van der Waals surface area contributed by atoms with E-state index in [0.29, 0.717) is 30.9 Å². The molecule has 1 unspecified atom stereocenters. The third-order valence-electron chi connectivity index (χ3n) is 4.65. The first-order valence-electron chi connectivity index (χ1n) is 8.05. The highest BCUT2D eigenvalue weighted by Gasteiger charge is 2.32. The number of hydrogen-bond acceptors (Lipinski definition) is 6. The second-order valence-electron chi connectivity index (χ2n) is 6.08. The summed E-state index contributed by atoms with van der Waals surface area (Å²) in [4.78, 5) is 16.8. The number of hydrogen-bond donors (Lipinski definition) is 0. The highest BCUT2D eigenvalue weighted by Crippen LogP contribution is 2.27. The molecule has 3 heterocycles. The van der Waals surface area contributed by atoms with Crippen LogP contribution in [-0.2, 0) is 9.53 Å². The van der Waals surface area contributed by atoms with Crippen LogP contribution < -0.4 is 0 Å². The van der Waals surface area contributed by atoms with Crippen molar-refractivity contribution < 1.29 is 13.9 Å². The Hall–Kier alpha value is -1.47. The second-order valence-corrected chi connectivity index (χ2v) is 6.08. The van der Waals surface area contributed by atoms with Crippen LogP contribution in [-0.4, -0.2) is 65.3 Å². The molecule has 0 radical (unpaired) electrons. The van der Waals surface area contributed by atoms with Crippen molar-refractivity contribution >= 4 is 5.91 Å². The summed E-state index contributed by atoms with van der Waals surface area (Å²) < 4.78 is 10.8. The van der Waals surface area contributed by atoms with Gasteiger partial charge in [-0.05, 0) is 32.9 Å². The third-order valence-corrected chi connectivity index (χ3v) is 4.65. The van der Waals surface area contributed by atoms with Gasteiger partial charge in [-0.2, -0.15) is 0 Å². The summed E-state index contributed by atoms with van der Waals surface area (Å²) in [6.07, 6.45) is 1.79. The van der Waals surface area contributed by atoms with Gasteiger partial charge < -0.3 is 14.1 Å². The Morgan fingerprint density at radius 1 is 1.18 bits per heavy atom. The number of likely N-dealkylation sites (tertiary alicyclic amines) is 1. The zero-order chi connectivity index (χ0) is 15.5. The summed E-state index contributed by atoms with van der Waals surface area (Å²) in [6, 6.07) is 0.112. The van der Waals surface area contributed by atoms with Crippen molar-refractivity contribution in [3.63, 3.8) is 0 Å². The molecule has 1 amide bonds. The maximum atomic E-state index is 12.5. The van der Waals surface area contributed by atoms with E-state index in [1.54, 1.807) is 6.92 Å². The van der Waals surface area contributed by atoms with E-state index in [-0.39, 0.29) is 12.0 Å². The Kier molecular flexibility index (Phi) is 4.73. The van der Waals surface area contributed by atoms with Crippen LogP contribution >= 0.6 is 0 Å². The van der Waals surface area contributed by atoms with Crippen LogP contribution in [0.4, 0.5) is 0 Å². The van der Waals surface area contributed by atoms with Gasteiger partial charge in [0.05, 0.1) is 19.3 Å². The van der Waals surface area contributed by atoms with Gasteiger partial charge in [-0.15, -0.1) is 10.2 Å². The lowest BCUT2D eigenvalue weighted by atomic mass is 9.94. The van der Waals surface area contributed by atoms with Gasteiger partial charge in [-0.1, -0.05) is 0 Å². The zero-order valence-electron chi connectivity index (χ0n) is 13.3. The minimum absolute atomic E-state index is 0.112. The Balaban J connectivity index is 1.52. The number of carbonyl (C=O) groups excluding carboxylic acids is 1. The quantitative estimate of drug-likeness (QED) is 0.830. The summed E-state index contributed by atoms with van der Waals surface area (Å²) in [7, 11) is 0. The van der Waals surface area contributed by atoms with Gasteiger partial charge in [-0.25, -0.2) is 0 Å². The summed E-state index contributed by atoms with van der Waals surface area (Å²) in [5, 5.41) is 7.99. The van der Waals surface area contributed by atoms with Crippen LogP contribution in [0.25, 0.3) is 0 Å². The first-order valence-corrected chi connectivity index (χ1v) is 8.05. The van der Waals surface area contributed by atoms with E-state index >= 15 is 0 Å². The van der Waals surface area contributed by atoms with Gasteiger partial charge in [0.2, 0.25) is 17.7 Å². The molecule has 2 saturated heterocycles. The SMILES string of the molecule is Cc1nnc(C(C)N2CCC(C(=O)N3CCOCC3)CC2)o1. The van der Waals surface area contributed by atoms with E-state index in [1.165, 1.54) is 0 Å². The molecule has 2 aliphatic heterocycles. The lowest BCUT2D eigenvalue weighted by molar-refractivity contribution is -0.141. The van der Waals surface area contributed by atoms with Gasteiger partial charge in [0.1, 0.15) is 0 Å². The van der Waals surface area contributed by atoms with Crippen LogP contribution in [0.2, 0.25) is 0 Å². The van der Waals surface area contributed by atoms with E-state index in [2.05, 4.69) is 22.0 Å². The number of amides is 1. The minimum Gasteiger partial charge on any atom is -0.424 e. The summed E-state index contributed by atoms with van der Waals surface area (Å²) in [5.74, 6) is 1.70. The number of carbonyl (C=O) groups is 1. The highest BCUT2D eigenvalue weighted by atomic mass is 16.5. The topological polar surface area (TPSA) is 71.7 Å². The number of morpholine rings is 1. The van der Waals surface area contributed by atoms with Crippen molar-refractivity contribution in [2.45, 2.75) is 32.7 Å². The monoisotopic (exact) mass is 308 g/mol. The molecule has 0 bridgehead atoms. The van der Waals surface area contributed by atoms with Crippen LogP contribution in [0.15, 0.2) is 4.42 Å². The van der Waals surface area contributed by atoms with Crippen LogP contribution in [0.1, 0.15) is 37.6 Å². The van der Waals surface area contributed by atoms with Crippen molar-refractivity contribution in [2.24, 2.45) is 5.92 Å². The number of aryl methyl sites for hydroxylation is 1. The number of nitrogens with zero attached hydrogens (tertiary/aromatic N) is 4. The largest absolute Gasteiger partial charge is 0.424 e. The molecule has 3 rings (SSSR count). The molecule has 7 nitrogen and oxygen atoms in total. The third kappa shape index (κ3) is 3.30. The second kappa shape index (κ2) is 6.75. The van der Waals surface area contributed by atoms with Gasteiger partial charge in [0.15, 0.2) is 0 Å². The van der Waals surface area contributed by atoms with Gasteiger partial charge in [-0.3, -0.25) is 9.69 Å². The number of piperidine rings is 1. The average molecular weight is 308 g/mol. The minimum atomic E-state index is 0.112. The maximum absolute atomic E-state index is 12.5.